The maximum Gasteiger partial charge on any atom is 0.254 e. The van der Waals surface area contributed by atoms with Gasteiger partial charge >= 0.3 is 0 Å². The van der Waals surface area contributed by atoms with Gasteiger partial charge in [0.05, 0.1) is 0 Å². The van der Waals surface area contributed by atoms with E-state index in [1.165, 1.54) is 0 Å². The van der Waals surface area contributed by atoms with Crippen molar-refractivity contribution in [2.45, 2.75) is 32.4 Å². The Morgan fingerprint density at radius 1 is 1.14 bits per heavy atom. The summed E-state index contributed by atoms with van der Waals surface area (Å²) in [6.07, 6.45) is 3.05. The van der Waals surface area contributed by atoms with E-state index >= 15 is 0 Å². The average Bonchev–Trinajstić information content (AvgIpc) is 3.14. The van der Waals surface area contributed by atoms with E-state index < -0.39 is 0 Å². The normalized spacial score (nSPS) is 17.8. The number of carbonyl (C=O) groups excluding carboxylic acids is 2. The van der Waals surface area contributed by atoms with E-state index in [1.54, 1.807) is 0 Å². The lowest BCUT2D eigenvalue weighted by atomic mass is 10.1. The molecule has 1 saturated heterocycles. The molecule has 1 atom stereocenters. The van der Waals surface area contributed by atoms with Crippen molar-refractivity contribution < 1.29 is 9.59 Å². The Morgan fingerprint density at radius 2 is 1.96 bits per heavy atom. The van der Waals surface area contributed by atoms with Crippen LogP contribution in [0.25, 0.3) is 10.9 Å². The van der Waals surface area contributed by atoms with Crippen LogP contribution in [-0.4, -0.2) is 45.7 Å². The Kier molecular flexibility index (Phi) is 5.15. The molecule has 5 nitrogen and oxygen atoms in total. The molecule has 0 radical (unpaired) electrons. The number of hydrogen-bond acceptors (Lipinski definition) is 2. The third-order valence-electron chi connectivity index (χ3n) is 5.54. The lowest BCUT2D eigenvalue weighted by Gasteiger charge is -2.31. The first-order valence-electron chi connectivity index (χ1n) is 9.85. The first kappa shape index (κ1) is 18.3. The molecule has 2 heterocycles. The molecule has 2 amide bonds. The van der Waals surface area contributed by atoms with Crippen LogP contribution in [0.3, 0.4) is 0 Å². The van der Waals surface area contributed by atoms with Crippen molar-refractivity contribution in [1.29, 1.82) is 0 Å². The van der Waals surface area contributed by atoms with E-state index in [4.69, 9.17) is 0 Å². The van der Waals surface area contributed by atoms with Crippen molar-refractivity contribution in [3.05, 3.63) is 71.9 Å². The van der Waals surface area contributed by atoms with Gasteiger partial charge in [0, 0.05) is 49.4 Å². The summed E-state index contributed by atoms with van der Waals surface area (Å²) in [7, 11) is 0. The Morgan fingerprint density at radius 3 is 2.75 bits per heavy atom. The third kappa shape index (κ3) is 3.65. The van der Waals surface area contributed by atoms with Gasteiger partial charge in [-0.05, 0) is 35.6 Å². The summed E-state index contributed by atoms with van der Waals surface area (Å²) in [6, 6.07) is 17.8. The van der Waals surface area contributed by atoms with Gasteiger partial charge in [0.2, 0.25) is 5.91 Å². The van der Waals surface area contributed by atoms with E-state index in [2.05, 4.69) is 11.9 Å². The zero-order valence-electron chi connectivity index (χ0n) is 16.1. The number of carbonyl (C=O) groups is 2. The summed E-state index contributed by atoms with van der Waals surface area (Å²) in [5, 5.41) is 1.09. The van der Waals surface area contributed by atoms with Crippen LogP contribution < -0.4 is 0 Å². The van der Waals surface area contributed by atoms with Gasteiger partial charge in [-0.15, -0.1) is 0 Å². The number of nitrogens with one attached hydrogen (secondary N) is 1. The van der Waals surface area contributed by atoms with Crippen molar-refractivity contribution >= 4 is 22.7 Å². The van der Waals surface area contributed by atoms with E-state index in [9.17, 15) is 9.59 Å². The van der Waals surface area contributed by atoms with Gasteiger partial charge < -0.3 is 14.8 Å². The van der Waals surface area contributed by atoms with Gasteiger partial charge in [0.1, 0.15) is 0 Å². The standard InChI is InChI=1S/C23H25N3O2/c1-2-20-16-25(23(28)19-9-8-18-10-12-24-21(18)14-19)13-11-22(27)26(20)15-17-6-4-3-5-7-17/h3-10,12,14,20,24H,2,11,13,15-16H2,1H3. The molecule has 3 aromatic rings. The van der Waals surface area contributed by atoms with Gasteiger partial charge in [-0.2, -0.15) is 0 Å². The molecular weight excluding hydrogens is 350 g/mol. The molecule has 1 aliphatic rings. The fourth-order valence-corrected chi connectivity index (χ4v) is 3.92. The lowest BCUT2D eigenvalue weighted by Crippen LogP contribution is -2.43. The largest absolute Gasteiger partial charge is 0.361 e. The topological polar surface area (TPSA) is 56.4 Å². The number of hydrogen-bond donors (Lipinski definition) is 1. The molecule has 1 aliphatic heterocycles. The number of rotatable bonds is 4. The Hall–Kier alpha value is -3.08. The van der Waals surface area contributed by atoms with Gasteiger partial charge in [0.15, 0.2) is 0 Å². The van der Waals surface area contributed by atoms with Crippen LogP contribution in [0.15, 0.2) is 60.8 Å². The van der Waals surface area contributed by atoms with Crippen LogP contribution in [0.4, 0.5) is 0 Å². The lowest BCUT2D eigenvalue weighted by molar-refractivity contribution is -0.133. The third-order valence-corrected chi connectivity index (χ3v) is 5.54. The number of amides is 2. The van der Waals surface area contributed by atoms with Crippen molar-refractivity contribution in [1.82, 2.24) is 14.8 Å². The second-order valence-electron chi connectivity index (χ2n) is 7.35. The molecular formula is C23H25N3O2. The van der Waals surface area contributed by atoms with E-state index in [0.717, 1.165) is 22.9 Å². The summed E-state index contributed by atoms with van der Waals surface area (Å²) in [5.41, 5.74) is 2.73. The Bertz CT molecular complexity index is 980. The predicted molar refractivity (Wildman–Crippen MR) is 110 cm³/mol. The van der Waals surface area contributed by atoms with Crippen LogP contribution in [0.5, 0.6) is 0 Å². The molecule has 0 saturated carbocycles. The average molecular weight is 375 g/mol. The molecule has 0 bridgehead atoms. The summed E-state index contributed by atoms with van der Waals surface area (Å²) >= 11 is 0. The van der Waals surface area contributed by atoms with Crippen LogP contribution >= 0.6 is 0 Å². The number of fused-ring (bicyclic) bond motifs is 1. The molecule has 28 heavy (non-hydrogen) atoms. The minimum Gasteiger partial charge on any atom is -0.361 e. The van der Waals surface area contributed by atoms with Gasteiger partial charge in [-0.1, -0.05) is 43.3 Å². The minimum absolute atomic E-state index is 0.00990. The van der Waals surface area contributed by atoms with E-state index in [1.807, 2.05) is 70.6 Å². The summed E-state index contributed by atoms with van der Waals surface area (Å²) in [6.45, 7) is 3.70. The number of nitrogens with zero attached hydrogens (tertiary/aromatic N) is 2. The summed E-state index contributed by atoms with van der Waals surface area (Å²) < 4.78 is 0. The predicted octanol–water partition coefficient (Wildman–Crippen LogP) is 3.82. The maximum absolute atomic E-state index is 13.1. The molecule has 144 valence electrons. The zero-order valence-corrected chi connectivity index (χ0v) is 16.1. The van der Waals surface area contributed by atoms with Crippen LogP contribution in [0.1, 0.15) is 35.7 Å². The zero-order chi connectivity index (χ0) is 19.5. The molecule has 1 aromatic heterocycles. The molecule has 1 fully saturated rings. The van der Waals surface area contributed by atoms with Crippen molar-refractivity contribution in [3.8, 4) is 0 Å². The first-order chi connectivity index (χ1) is 13.7. The SMILES string of the molecule is CCC1CN(C(=O)c2ccc3cc[nH]c3c2)CCC(=O)N1Cc1ccccc1. The molecule has 1 unspecified atom stereocenters. The van der Waals surface area contributed by atoms with Crippen molar-refractivity contribution in [3.63, 3.8) is 0 Å². The fourth-order valence-electron chi connectivity index (χ4n) is 3.92. The minimum atomic E-state index is -0.00990. The van der Waals surface area contributed by atoms with Gasteiger partial charge in [-0.3, -0.25) is 9.59 Å². The second kappa shape index (κ2) is 7.89. The molecule has 2 aromatic carbocycles. The van der Waals surface area contributed by atoms with Crippen molar-refractivity contribution in [2.75, 3.05) is 13.1 Å². The number of benzene rings is 2. The number of H-pyrrole nitrogens is 1. The molecule has 5 heteroatoms. The highest BCUT2D eigenvalue weighted by Crippen LogP contribution is 2.21. The first-order valence-corrected chi connectivity index (χ1v) is 9.85. The van der Waals surface area contributed by atoms with Crippen LogP contribution in [0, 0.1) is 0 Å². The molecule has 1 N–H and O–H groups in total. The highest BCUT2D eigenvalue weighted by molar-refractivity contribution is 5.98. The van der Waals surface area contributed by atoms with Crippen LogP contribution in [-0.2, 0) is 11.3 Å². The second-order valence-corrected chi connectivity index (χ2v) is 7.35. The van der Waals surface area contributed by atoms with Gasteiger partial charge in [-0.25, -0.2) is 0 Å². The maximum atomic E-state index is 13.1. The smallest absolute Gasteiger partial charge is 0.254 e. The van der Waals surface area contributed by atoms with E-state index in [0.29, 0.717) is 31.6 Å². The summed E-state index contributed by atoms with van der Waals surface area (Å²) in [5.74, 6) is 0.107. The number of aromatic amines is 1. The summed E-state index contributed by atoms with van der Waals surface area (Å²) in [4.78, 5) is 32.9. The number of aromatic nitrogens is 1. The Balaban J connectivity index is 1.54. The molecule has 0 spiro atoms. The monoisotopic (exact) mass is 375 g/mol. The van der Waals surface area contributed by atoms with E-state index in [-0.39, 0.29) is 17.9 Å². The Labute approximate surface area is 165 Å². The molecule has 0 aliphatic carbocycles. The van der Waals surface area contributed by atoms with Gasteiger partial charge in [0.25, 0.3) is 5.91 Å². The fraction of sp³-hybridized carbons (Fsp3) is 0.304. The highest BCUT2D eigenvalue weighted by atomic mass is 16.2. The highest BCUT2D eigenvalue weighted by Gasteiger charge is 2.31. The van der Waals surface area contributed by atoms with Crippen LogP contribution in [0.2, 0.25) is 0 Å². The van der Waals surface area contributed by atoms with Crippen molar-refractivity contribution in [2.24, 2.45) is 0 Å². The quantitative estimate of drug-likeness (QED) is 0.754. The molecule has 4 rings (SSSR count).